The van der Waals surface area contributed by atoms with Crippen LogP contribution in [0, 0.1) is 0 Å². The van der Waals surface area contributed by atoms with Crippen LogP contribution >= 0.6 is 0 Å². The summed E-state index contributed by atoms with van der Waals surface area (Å²) >= 11 is 0. The van der Waals surface area contributed by atoms with Crippen molar-refractivity contribution in [2.75, 3.05) is 26.2 Å². The molecule has 11 heteroatoms. The lowest BCUT2D eigenvalue weighted by molar-refractivity contribution is 0.0218. The molecule has 112 valence electrons. The van der Waals surface area contributed by atoms with Crippen LogP contribution < -0.4 is 0 Å². The molecule has 11 nitrogen and oxygen atoms in total. The van der Waals surface area contributed by atoms with Crippen molar-refractivity contribution in [1.29, 1.82) is 0 Å². The van der Waals surface area contributed by atoms with Crippen LogP contribution in [-0.2, 0) is 9.68 Å². The Morgan fingerprint density at radius 3 is 1.80 bits per heavy atom. The first kappa shape index (κ1) is 14.1. The van der Waals surface area contributed by atoms with Crippen molar-refractivity contribution in [1.82, 2.24) is 9.80 Å². The number of nitrogens with zero attached hydrogens (tertiary/aromatic N) is 6. The Labute approximate surface area is 114 Å². The molecule has 2 rings (SSSR count). The van der Waals surface area contributed by atoms with Crippen molar-refractivity contribution in [3.63, 3.8) is 0 Å². The third-order valence-corrected chi connectivity index (χ3v) is 3.30. The lowest BCUT2D eigenvalue weighted by Crippen LogP contribution is -2.41. The van der Waals surface area contributed by atoms with Crippen LogP contribution in [0.1, 0.15) is 12.8 Å². The van der Waals surface area contributed by atoms with Gasteiger partial charge in [0.2, 0.25) is 0 Å². The van der Waals surface area contributed by atoms with Crippen LogP contribution in [-0.4, -0.2) is 64.6 Å². The van der Waals surface area contributed by atoms with Gasteiger partial charge in [0.15, 0.2) is 0 Å². The van der Waals surface area contributed by atoms with E-state index in [1.165, 1.54) is 0 Å². The Morgan fingerprint density at radius 2 is 1.40 bits per heavy atom. The monoisotopic (exact) mass is 288 g/mol. The molecule has 20 heavy (non-hydrogen) atoms. The van der Waals surface area contributed by atoms with Crippen LogP contribution in [0.5, 0.6) is 0 Å². The number of carbonyl (C=O) groups is 1. The largest absolute Gasteiger partial charge is 0.392 e. The summed E-state index contributed by atoms with van der Waals surface area (Å²) < 4.78 is 0. The summed E-state index contributed by atoms with van der Waals surface area (Å²) in [5.74, 6) is 0. The van der Waals surface area contributed by atoms with Crippen molar-refractivity contribution in [2.24, 2.45) is 21.1 Å². The molecule has 0 radical (unpaired) electrons. The molecule has 0 saturated carbocycles. The molecule has 0 aliphatic carbocycles. The van der Waals surface area contributed by atoms with E-state index in [1.807, 2.05) is 0 Å². The lowest BCUT2D eigenvalue weighted by atomic mass is 10.3. The summed E-state index contributed by atoms with van der Waals surface area (Å²) in [5, 5.41) is 27.5. The normalized spacial score (nSPS) is 26.8. The molecule has 2 N–H and O–H groups in total. The van der Waals surface area contributed by atoms with Crippen molar-refractivity contribution >= 4 is 6.03 Å². The van der Waals surface area contributed by atoms with Gasteiger partial charge in [-0.2, -0.15) is 0 Å². The number of carbonyl (C=O) groups excluding carboxylic acids is 1. The van der Waals surface area contributed by atoms with Gasteiger partial charge >= 0.3 is 6.03 Å². The van der Waals surface area contributed by atoms with Crippen molar-refractivity contribution < 1.29 is 24.9 Å². The minimum Gasteiger partial charge on any atom is -0.392 e. The molecule has 2 atom stereocenters. The zero-order chi connectivity index (χ0) is 14.4. The van der Waals surface area contributed by atoms with Crippen molar-refractivity contribution in [3.8, 4) is 0 Å². The highest BCUT2D eigenvalue weighted by Crippen LogP contribution is 2.19. The molecule has 2 heterocycles. The van der Waals surface area contributed by atoms with Gasteiger partial charge in [-0.1, -0.05) is 0 Å². The fourth-order valence-corrected chi connectivity index (χ4v) is 2.35. The molecular formula is C9H16N6O5. The molecule has 2 amide bonds. The van der Waals surface area contributed by atoms with Gasteiger partial charge in [0.05, 0.1) is 34.2 Å². The molecule has 0 spiro atoms. The Balaban J connectivity index is 1.78. The van der Waals surface area contributed by atoms with E-state index in [-0.39, 0.29) is 18.2 Å². The quantitative estimate of drug-likeness (QED) is 0.583. The summed E-state index contributed by atoms with van der Waals surface area (Å²) in [5.41, 5.74) is 0. The van der Waals surface area contributed by atoms with Gasteiger partial charge in [0, 0.05) is 25.9 Å². The van der Waals surface area contributed by atoms with Crippen LogP contribution in [0.4, 0.5) is 4.79 Å². The molecule has 0 aromatic heterocycles. The molecular weight excluding hydrogens is 272 g/mol. The second-order valence-corrected chi connectivity index (χ2v) is 4.55. The first-order valence-electron chi connectivity index (χ1n) is 6.19. The Morgan fingerprint density at radius 1 is 0.950 bits per heavy atom. The van der Waals surface area contributed by atoms with E-state index in [0.717, 1.165) is 0 Å². The number of rotatable bonds is 4. The Hall–Kier alpha value is -2.33. The smallest absolute Gasteiger partial charge is 0.320 e. The minimum absolute atomic E-state index is 0.107. The molecule has 2 fully saturated rings. The maximum atomic E-state index is 12.2. The number of urea groups is 1. The van der Waals surface area contributed by atoms with E-state index < -0.39 is 0 Å². The van der Waals surface area contributed by atoms with Crippen LogP contribution in [0.2, 0.25) is 0 Å². The maximum Gasteiger partial charge on any atom is 0.320 e. The van der Waals surface area contributed by atoms with Gasteiger partial charge in [-0.05, 0) is 0 Å². The average Bonchev–Trinajstić information content (AvgIpc) is 3.11. The highest BCUT2D eigenvalue weighted by atomic mass is 16.7. The second kappa shape index (κ2) is 6.73. The predicted molar refractivity (Wildman–Crippen MR) is 60.8 cm³/mol. The zero-order valence-corrected chi connectivity index (χ0v) is 10.7. The first-order valence-corrected chi connectivity index (χ1v) is 6.19. The molecule has 0 aromatic carbocycles. The zero-order valence-electron chi connectivity index (χ0n) is 10.7. The highest BCUT2D eigenvalue weighted by molar-refractivity contribution is 5.75. The van der Waals surface area contributed by atoms with E-state index in [9.17, 15) is 4.79 Å². The summed E-state index contributed by atoms with van der Waals surface area (Å²) in [6.07, 6.45) is 0.759. The molecule has 0 unspecified atom stereocenters. The summed E-state index contributed by atoms with van der Waals surface area (Å²) in [4.78, 5) is 25.3. The lowest BCUT2D eigenvalue weighted by Gasteiger charge is -2.23. The van der Waals surface area contributed by atoms with Crippen molar-refractivity contribution in [3.05, 3.63) is 0 Å². The number of likely N-dealkylation sites (tertiary alicyclic amines) is 2. The van der Waals surface area contributed by atoms with E-state index in [0.29, 0.717) is 39.0 Å². The first-order chi connectivity index (χ1) is 9.74. The van der Waals surface area contributed by atoms with Gasteiger partial charge in [-0.25, -0.2) is 4.79 Å². The van der Waals surface area contributed by atoms with Crippen LogP contribution in [0.25, 0.3) is 0 Å². The summed E-state index contributed by atoms with van der Waals surface area (Å²) in [6, 6.07) is -0.107. The molecule has 0 aromatic rings. The Kier molecular flexibility index (Phi) is 4.74. The molecule has 2 aliphatic heterocycles. The highest BCUT2D eigenvalue weighted by Gasteiger charge is 2.35. The molecule has 0 bridgehead atoms. The topological polar surface area (TPSA) is 132 Å². The Bertz CT molecular complexity index is 357. The third kappa shape index (κ3) is 3.36. The summed E-state index contributed by atoms with van der Waals surface area (Å²) in [7, 11) is 0. The number of hydrogen-bond acceptors (Lipinski definition) is 7. The molecule has 2 aliphatic rings. The van der Waals surface area contributed by atoms with Gasteiger partial charge < -0.3 is 29.9 Å². The van der Waals surface area contributed by atoms with E-state index in [2.05, 4.69) is 21.1 Å². The fraction of sp³-hybridized carbons (Fsp3) is 0.889. The van der Waals surface area contributed by atoms with E-state index >= 15 is 0 Å². The average molecular weight is 288 g/mol. The van der Waals surface area contributed by atoms with Crippen LogP contribution in [0.3, 0.4) is 0 Å². The number of hydrogen-bond donors (Lipinski definition) is 2. The number of amides is 2. The minimum atomic E-state index is -0.257. The predicted octanol–water partition coefficient (Wildman–Crippen LogP) is 0.801. The van der Waals surface area contributed by atoms with Crippen LogP contribution in [0.15, 0.2) is 21.1 Å². The summed E-state index contributed by atoms with van der Waals surface area (Å²) in [6.45, 7) is 1.91. The SMILES string of the molecule is O=C(N1CC[C@@H](O/N=N\O)C1)N1CC[C@@H](O/N=N\O)C1. The van der Waals surface area contributed by atoms with Gasteiger partial charge in [0.1, 0.15) is 12.2 Å². The van der Waals surface area contributed by atoms with E-state index in [1.54, 1.807) is 9.80 Å². The third-order valence-electron chi connectivity index (χ3n) is 3.30. The van der Waals surface area contributed by atoms with Gasteiger partial charge in [0.25, 0.3) is 0 Å². The maximum absolute atomic E-state index is 12.2. The van der Waals surface area contributed by atoms with Crippen molar-refractivity contribution in [2.45, 2.75) is 25.0 Å². The standard InChI is InChI=1S/C9H16N6O5/c16-9(14-3-1-7(5-14)19-12-10-17)15-4-2-8(6-15)20-13-11-18/h7-8H,1-6H2,(H,12,17)(H,13,18)/t7-,8-/m1/s1. The van der Waals surface area contributed by atoms with Gasteiger partial charge in [-0.15, -0.1) is 0 Å². The molecule has 2 saturated heterocycles. The second-order valence-electron chi connectivity index (χ2n) is 4.55. The van der Waals surface area contributed by atoms with E-state index in [4.69, 9.17) is 20.1 Å². The fourth-order valence-electron chi connectivity index (χ4n) is 2.35. The van der Waals surface area contributed by atoms with Gasteiger partial charge in [-0.3, -0.25) is 0 Å².